The number of hydroxylamine groups is 2. The molecular weight excluding hydrogens is 461 g/mol. The van der Waals surface area contributed by atoms with E-state index in [-0.39, 0.29) is 27.7 Å². The Balaban J connectivity index is 1.64. The monoisotopic (exact) mass is 483 g/mol. The standard InChI is InChI=1S/C18H23BrFN7O3/c19-13-10-12(6-7-14(13)20)23-18(25-29)15-17(27-30-26-15)22-9-8-21-16(24-28)11-4-2-1-3-5-11/h6-7,10-11,28-29H,1-5,8-9H2,(H,21,24)(H,22,27)(H,23,25). The van der Waals surface area contributed by atoms with Crippen LogP contribution in [0.5, 0.6) is 0 Å². The average molecular weight is 484 g/mol. The van der Waals surface area contributed by atoms with Crippen molar-refractivity contribution >= 4 is 39.1 Å². The summed E-state index contributed by atoms with van der Waals surface area (Å²) in [6.07, 6.45) is 5.52. The Labute approximate surface area is 180 Å². The van der Waals surface area contributed by atoms with Gasteiger partial charge in [-0.15, -0.1) is 0 Å². The molecule has 1 fully saturated rings. The van der Waals surface area contributed by atoms with Crippen LogP contribution in [0.1, 0.15) is 37.8 Å². The second-order valence-corrected chi connectivity index (χ2v) is 7.63. The van der Waals surface area contributed by atoms with E-state index >= 15 is 0 Å². The van der Waals surface area contributed by atoms with Crippen LogP contribution >= 0.6 is 15.9 Å². The quantitative estimate of drug-likeness (QED) is 0.174. The van der Waals surface area contributed by atoms with Crippen LogP contribution in [-0.4, -0.2) is 45.5 Å². The van der Waals surface area contributed by atoms with E-state index in [0.29, 0.717) is 24.6 Å². The van der Waals surface area contributed by atoms with Crippen molar-refractivity contribution in [3.8, 4) is 0 Å². The predicted molar refractivity (Wildman–Crippen MR) is 112 cm³/mol. The van der Waals surface area contributed by atoms with E-state index in [1.807, 2.05) is 5.48 Å². The molecule has 10 nitrogen and oxygen atoms in total. The van der Waals surface area contributed by atoms with Crippen molar-refractivity contribution in [3.63, 3.8) is 0 Å². The number of hydrogen-bond acceptors (Lipinski definition) is 8. The Morgan fingerprint density at radius 2 is 2.00 bits per heavy atom. The minimum atomic E-state index is -0.427. The second-order valence-electron chi connectivity index (χ2n) is 6.77. The first-order valence-corrected chi connectivity index (χ1v) is 10.4. The Morgan fingerprint density at radius 3 is 2.70 bits per heavy atom. The first-order valence-electron chi connectivity index (χ1n) is 9.57. The maximum atomic E-state index is 13.4. The van der Waals surface area contributed by atoms with Crippen LogP contribution < -0.4 is 16.3 Å². The Morgan fingerprint density at radius 1 is 1.20 bits per heavy atom. The van der Waals surface area contributed by atoms with Crippen molar-refractivity contribution in [2.24, 2.45) is 15.9 Å². The molecule has 1 aromatic carbocycles. The molecule has 0 saturated heterocycles. The fraction of sp³-hybridized carbons (Fsp3) is 0.444. The molecule has 0 unspecified atom stereocenters. The van der Waals surface area contributed by atoms with Gasteiger partial charge in [0.15, 0.2) is 11.5 Å². The van der Waals surface area contributed by atoms with Crippen LogP contribution in [0.25, 0.3) is 0 Å². The topological polar surface area (TPSA) is 140 Å². The molecule has 162 valence electrons. The molecule has 12 heteroatoms. The molecule has 1 aliphatic rings. The fourth-order valence-corrected chi connectivity index (χ4v) is 3.62. The third kappa shape index (κ3) is 5.74. The molecule has 5 N–H and O–H groups in total. The number of hydrogen-bond donors (Lipinski definition) is 5. The van der Waals surface area contributed by atoms with Gasteiger partial charge in [0.1, 0.15) is 11.7 Å². The smallest absolute Gasteiger partial charge is 0.202 e. The number of benzene rings is 1. The molecule has 3 rings (SSSR count). The highest BCUT2D eigenvalue weighted by Crippen LogP contribution is 2.24. The fourth-order valence-electron chi connectivity index (χ4n) is 3.26. The van der Waals surface area contributed by atoms with Crippen LogP contribution in [0.3, 0.4) is 0 Å². The van der Waals surface area contributed by atoms with Crippen LogP contribution in [0, 0.1) is 11.7 Å². The van der Waals surface area contributed by atoms with Crippen LogP contribution in [0.15, 0.2) is 37.3 Å². The Hall–Kier alpha value is -2.57. The molecule has 1 saturated carbocycles. The molecule has 2 aromatic rings. The summed E-state index contributed by atoms with van der Waals surface area (Å²) in [5.41, 5.74) is 4.71. The van der Waals surface area contributed by atoms with E-state index in [2.05, 4.69) is 47.0 Å². The molecule has 30 heavy (non-hydrogen) atoms. The molecule has 1 heterocycles. The number of amidine groups is 2. The summed E-state index contributed by atoms with van der Waals surface area (Å²) in [7, 11) is 0. The van der Waals surface area contributed by atoms with Gasteiger partial charge in [-0.1, -0.05) is 19.3 Å². The highest BCUT2D eigenvalue weighted by Gasteiger charge is 2.19. The Bertz CT molecular complexity index is 900. The molecule has 1 aromatic heterocycles. The number of anilines is 1. The third-order valence-electron chi connectivity index (χ3n) is 4.76. The Kier molecular flexibility index (Phi) is 8.11. The number of rotatable bonds is 7. The van der Waals surface area contributed by atoms with Gasteiger partial charge >= 0.3 is 0 Å². The highest BCUT2D eigenvalue weighted by atomic mass is 79.9. The zero-order valence-electron chi connectivity index (χ0n) is 16.1. The first-order chi connectivity index (χ1) is 14.6. The summed E-state index contributed by atoms with van der Waals surface area (Å²) < 4.78 is 18.4. The van der Waals surface area contributed by atoms with Crippen LogP contribution in [0.2, 0.25) is 0 Å². The largest absolute Gasteiger partial charge is 0.363 e. The van der Waals surface area contributed by atoms with Crippen LogP contribution in [0.4, 0.5) is 15.9 Å². The summed E-state index contributed by atoms with van der Waals surface area (Å²) in [6.45, 7) is 0.773. The van der Waals surface area contributed by atoms with Gasteiger partial charge in [0.2, 0.25) is 5.82 Å². The van der Waals surface area contributed by atoms with Gasteiger partial charge in [-0.3, -0.25) is 26.4 Å². The van der Waals surface area contributed by atoms with Gasteiger partial charge in [0.25, 0.3) is 0 Å². The first kappa shape index (κ1) is 22.1. The predicted octanol–water partition coefficient (Wildman–Crippen LogP) is 3.40. The van der Waals surface area contributed by atoms with E-state index in [4.69, 9.17) is 4.63 Å². The number of halogens is 2. The van der Waals surface area contributed by atoms with E-state index in [0.717, 1.165) is 25.7 Å². The number of nitrogens with one attached hydrogen (secondary N) is 3. The number of aromatic nitrogens is 2. The lowest BCUT2D eigenvalue weighted by atomic mass is 9.88. The molecule has 0 spiro atoms. The summed E-state index contributed by atoms with van der Waals surface area (Å²) in [6, 6.07) is 4.15. The van der Waals surface area contributed by atoms with Gasteiger partial charge in [0, 0.05) is 12.5 Å². The average Bonchev–Trinajstić information content (AvgIpc) is 3.23. The molecule has 1 aliphatic carbocycles. The molecule has 0 atom stereocenters. The second kappa shape index (κ2) is 11.0. The number of nitrogens with zero attached hydrogens (tertiary/aromatic N) is 4. The van der Waals surface area contributed by atoms with Gasteiger partial charge in [-0.05, 0) is 57.3 Å². The van der Waals surface area contributed by atoms with Gasteiger partial charge in [0.05, 0.1) is 16.7 Å². The van der Waals surface area contributed by atoms with Crippen molar-refractivity contribution in [3.05, 3.63) is 34.2 Å². The maximum Gasteiger partial charge on any atom is 0.202 e. The molecular formula is C18H23BrFN7O3. The number of aliphatic imine (C=N–C) groups is 2. The van der Waals surface area contributed by atoms with Crippen molar-refractivity contribution in [2.45, 2.75) is 32.1 Å². The van der Waals surface area contributed by atoms with Crippen LogP contribution in [-0.2, 0) is 0 Å². The van der Waals surface area contributed by atoms with E-state index < -0.39 is 5.82 Å². The molecule has 0 bridgehead atoms. The molecule has 0 amide bonds. The van der Waals surface area contributed by atoms with E-state index in [1.54, 1.807) is 0 Å². The van der Waals surface area contributed by atoms with Crippen molar-refractivity contribution in [1.29, 1.82) is 0 Å². The maximum absolute atomic E-state index is 13.4. The van der Waals surface area contributed by atoms with Gasteiger partial charge in [-0.25, -0.2) is 14.0 Å². The molecule has 0 radical (unpaired) electrons. The summed E-state index contributed by atoms with van der Waals surface area (Å²) in [5, 5.41) is 29.4. The van der Waals surface area contributed by atoms with E-state index in [1.165, 1.54) is 24.6 Å². The third-order valence-corrected chi connectivity index (χ3v) is 5.36. The summed E-state index contributed by atoms with van der Waals surface area (Å²) in [4.78, 5) is 8.62. The van der Waals surface area contributed by atoms with Gasteiger partial charge in [-0.2, -0.15) is 0 Å². The highest BCUT2D eigenvalue weighted by molar-refractivity contribution is 9.10. The lowest BCUT2D eigenvalue weighted by Crippen LogP contribution is -2.30. The zero-order chi connectivity index (χ0) is 21.3. The zero-order valence-corrected chi connectivity index (χ0v) is 17.7. The van der Waals surface area contributed by atoms with Gasteiger partial charge < -0.3 is 5.32 Å². The lowest BCUT2D eigenvalue weighted by molar-refractivity contribution is 0.222. The minimum absolute atomic E-state index is 0.0271. The molecule has 0 aliphatic heterocycles. The summed E-state index contributed by atoms with van der Waals surface area (Å²) in [5.74, 6) is 0.642. The lowest BCUT2D eigenvalue weighted by Gasteiger charge is -2.22. The summed E-state index contributed by atoms with van der Waals surface area (Å²) >= 11 is 3.09. The normalized spacial score (nSPS) is 15.9. The minimum Gasteiger partial charge on any atom is -0.363 e. The van der Waals surface area contributed by atoms with Crippen molar-refractivity contribution in [2.75, 3.05) is 18.4 Å². The van der Waals surface area contributed by atoms with Crippen molar-refractivity contribution < 1.29 is 19.4 Å². The van der Waals surface area contributed by atoms with Crippen molar-refractivity contribution in [1.82, 2.24) is 21.3 Å². The SMILES string of the molecule is ONC(=Nc1ccc(F)c(Br)c1)c1nonc1NCCN=C(NO)C1CCCCC1. The van der Waals surface area contributed by atoms with E-state index in [9.17, 15) is 14.8 Å².